The van der Waals surface area contributed by atoms with E-state index in [1.807, 2.05) is 6.92 Å². The van der Waals surface area contributed by atoms with Crippen LogP contribution in [0.25, 0.3) is 0 Å². The van der Waals surface area contributed by atoms with Crippen LogP contribution in [0.5, 0.6) is 0 Å². The Morgan fingerprint density at radius 1 is 1.47 bits per heavy atom. The maximum Gasteiger partial charge on any atom is 0.140 e. The minimum Gasteiger partial charge on any atom is -0.299 e. The molecule has 0 amide bonds. The van der Waals surface area contributed by atoms with Crippen LogP contribution in [0.2, 0.25) is 0 Å². The Balaban J connectivity index is 2.09. The quantitative estimate of drug-likeness (QED) is 0.742. The molecule has 1 aromatic carbocycles. The Kier molecular flexibility index (Phi) is 2.85. The maximum absolute atomic E-state index is 13.0. The van der Waals surface area contributed by atoms with Crippen LogP contribution >= 0.6 is 0 Å². The van der Waals surface area contributed by atoms with Gasteiger partial charge in [-0.3, -0.25) is 4.79 Å². The standard InChI is InChI=1S/C13H15FO/c1-9-5-6-12(14)7-11(9)8-13(15)10-3-2-4-10/h5-7,10H,2-4,8H2,1H3. The molecule has 0 unspecified atom stereocenters. The zero-order valence-electron chi connectivity index (χ0n) is 8.92. The predicted molar refractivity (Wildman–Crippen MR) is 57.2 cm³/mol. The van der Waals surface area contributed by atoms with E-state index >= 15 is 0 Å². The van der Waals surface area contributed by atoms with Crippen LogP contribution in [0.3, 0.4) is 0 Å². The maximum atomic E-state index is 13.0. The highest BCUT2D eigenvalue weighted by Gasteiger charge is 2.25. The average Bonchev–Trinajstić information content (AvgIpc) is 2.08. The van der Waals surface area contributed by atoms with E-state index in [2.05, 4.69) is 0 Å². The highest BCUT2D eigenvalue weighted by molar-refractivity contribution is 5.84. The molecular formula is C13H15FO. The molecule has 0 N–H and O–H groups in total. The minimum absolute atomic E-state index is 0.243. The van der Waals surface area contributed by atoms with E-state index in [0.29, 0.717) is 6.42 Å². The first kappa shape index (κ1) is 10.3. The van der Waals surface area contributed by atoms with Crippen LogP contribution in [0, 0.1) is 18.7 Å². The second-order valence-electron chi connectivity index (χ2n) is 4.34. The first-order valence-electron chi connectivity index (χ1n) is 5.44. The first-order valence-corrected chi connectivity index (χ1v) is 5.44. The van der Waals surface area contributed by atoms with Gasteiger partial charge < -0.3 is 0 Å². The molecule has 0 saturated heterocycles. The van der Waals surface area contributed by atoms with Crippen molar-refractivity contribution in [2.24, 2.45) is 5.92 Å². The van der Waals surface area contributed by atoms with Gasteiger partial charge in [-0.1, -0.05) is 12.5 Å². The molecular weight excluding hydrogens is 191 g/mol. The summed E-state index contributed by atoms with van der Waals surface area (Å²) in [7, 11) is 0. The fraction of sp³-hybridized carbons (Fsp3) is 0.462. The number of carbonyl (C=O) groups excluding carboxylic acids is 1. The van der Waals surface area contributed by atoms with Gasteiger partial charge in [0.25, 0.3) is 0 Å². The van der Waals surface area contributed by atoms with E-state index < -0.39 is 0 Å². The topological polar surface area (TPSA) is 17.1 Å². The van der Waals surface area contributed by atoms with Gasteiger partial charge in [-0.15, -0.1) is 0 Å². The summed E-state index contributed by atoms with van der Waals surface area (Å²) in [6.07, 6.45) is 3.60. The van der Waals surface area contributed by atoms with E-state index in [9.17, 15) is 9.18 Å². The lowest BCUT2D eigenvalue weighted by molar-refractivity contribution is -0.124. The van der Waals surface area contributed by atoms with Crippen molar-refractivity contribution in [3.8, 4) is 0 Å². The van der Waals surface area contributed by atoms with Crippen molar-refractivity contribution < 1.29 is 9.18 Å². The molecule has 1 nitrogen and oxygen atoms in total. The molecule has 0 bridgehead atoms. The zero-order chi connectivity index (χ0) is 10.8. The summed E-state index contributed by atoms with van der Waals surface area (Å²) in [5.41, 5.74) is 1.84. The third-order valence-electron chi connectivity index (χ3n) is 3.24. The summed E-state index contributed by atoms with van der Waals surface area (Å²) in [6, 6.07) is 4.65. The molecule has 1 aliphatic carbocycles. The van der Waals surface area contributed by atoms with Crippen LogP contribution in [0.4, 0.5) is 4.39 Å². The number of carbonyl (C=O) groups is 1. The molecule has 0 spiro atoms. The molecule has 2 heteroatoms. The van der Waals surface area contributed by atoms with Gasteiger partial charge in [-0.05, 0) is 43.0 Å². The van der Waals surface area contributed by atoms with Crippen molar-refractivity contribution in [3.05, 3.63) is 35.1 Å². The van der Waals surface area contributed by atoms with Gasteiger partial charge in [-0.2, -0.15) is 0 Å². The van der Waals surface area contributed by atoms with Crippen LogP contribution in [-0.4, -0.2) is 5.78 Å². The molecule has 80 valence electrons. The van der Waals surface area contributed by atoms with Gasteiger partial charge in [0, 0.05) is 12.3 Å². The van der Waals surface area contributed by atoms with Crippen molar-refractivity contribution >= 4 is 5.78 Å². The molecule has 0 radical (unpaired) electrons. The number of rotatable bonds is 3. The van der Waals surface area contributed by atoms with Crippen molar-refractivity contribution in [3.63, 3.8) is 0 Å². The Morgan fingerprint density at radius 3 is 2.80 bits per heavy atom. The lowest BCUT2D eigenvalue weighted by Crippen LogP contribution is -2.23. The summed E-state index contributed by atoms with van der Waals surface area (Å²) in [6.45, 7) is 1.92. The third kappa shape index (κ3) is 2.25. The van der Waals surface area contributed by atoms with Crippen LogP contribution in [-0.2, 0) is 11.2 Å². The molecule has 1 saturated carbocycles. The van der Waals surface area contributed by atoms with Crippen LogP contribution in [0.1, 0.15) is 30.4 Å². The van der Waals surface area contributed by atoms with Gasteiger partial charge in [0.05, 0.1) is 0 Å². The average molecular weight is 206 g/mol. The third-order valence-corrected chi connectivity index (χ3v) is 3.24. The number of ketones is 1. The molecule has 0 heterocycles. The molecule has 1 aliphatic rings. The monoisotopic (exact) mass is 206 g/mol. The minimum atomic E-state index is -0.253. The van der Waals surface area contributed by atoms with Crippen molar-refractivity contribution in [2.75, 3.05) is 0 Å². The number of benzene rings is 1. The second-order valence-corrected chi connectivity index (χ2v) is 4.34. The van der Waals surface area contributed by atoms with Crippen molar-refractivity contribution in [1.82, 2.24) is 0 Å². The van der Waals surface area contributed by atoms with Gasteiger partial charge in [0.1, 0.15) is 11.6 Å². The summed E-state index contributed by atoms with van der Waals surface area (Å²) >= 11 is 0. The number of hydrogen-bond acceptors (Lipinski definition) is 1. The molecule has 15 heavy (non-hydrogen) atoms. The lowest BCUT2D eigenvalue weighted by atomic mass is 9.80. The number of hydrogen-bond donors (Lipinski definition) is 0. The normalized spacial score (nSPS) is 16.1. The Morgan fingerprint density at radius 2 is 2.20 bits per heavy atom. The van der Waals surface area contributed by atoms with Crippen LogP contribution in [0.15, 0.2) is 18.2 Å². The van der Waals surface area contributed by atoms with Gasteiger partial charge >= 0.3 is 0 Å². The predicted octanol–water partition coefficient (Wildman–Crippen LogP) is 3.05. The highest BCUT2D eigenvalue weighted by Crippen LogP contribution is 2.28. The number of aryl methyl sites for hydroxylation is 1. The molecule has 0 aromatic heterocycles. The zero-order valence-corrected chi connectivity index (χ0v) is 8.92. The SMILES string of the molecule is Cc1ccc(F)cc1CC(=O)C1CCC1. The summed E-state index contributed by atoms with van der Waals surface area (Å²) in [4.78, 5) is 11.7. The molecule has 2 rings (SSSR count). The number of halogens is 1. The highest BCUT2D eigenvalue weighted by atomic mass is 19.1. The van der Waals surface area contributed by atoms with Gasteiger partial charge in [-0.25, -0.2) is 4.39 Å². The lowest BCUT2D eigenvalue weighted by Gasteiger charge is -2.24. The second kappa shape index (κ2) is 4.13. The molecule has 0 aliphatic heterocycles. The van der Waals surface area contributed by atoms with E-state index in [4.69, 9.17) is 0 Å². The Labute approximate surface area is 89.3 Å². The fourth-order valence-corrected chi connectivity index (χ4v) is 1.89. The summed E-state index contributed by atoms with van der Waals surface area (Å²) in [5.74, 6) is 0.264. The van der Waals surface area contributed by atoms with Crippen molar-refractivity contribution in [1.29, 1.82) is 0 Å². The van der Waals surface area contributed by atoms with Crippen LogP contribution < -0.4 is 0 Å². The number of Topliss-reactive ketones (excluding diaryl/α,β-unsaturated/α-hetero) is 1. The van der Waals surface area contributed by atoms with E-state index in [1.54, 1.807) is 6.07 Å². The summed E-state index contributed by atoms with van der Waals surface area (Å²) in [5, 5.41) is 0. The largest absolute Gasteiger partial charge is 0.299 e. The summed E-state index contributed by atoms with van der Waals surface area (Å²) < 4.78 is 13.0. The fourth-order valence-electron chi connectivity index (χ4n) is 1.89. The van der Waals surface area contributed by atoms with E-state index in [-0.39, 0.29) is 17.5 Å². The Hall–Kier alpha value is -1.18. The van der Waals surface area contributed by atoms with Gasteiger partial charge in [0.15, 0.2) is 0 Å². The molecule has 0 atom stereocenters. The van der Waals surface area contributed by atoms with E-state index in [1.165, 1.54) is 18.6 Å². The first-order chi connectivity index (χ1) is 7.16. The Bertz CT molecular complexity index is 380. The molecule has 1 aromatic rings. The van der Waals surface area contributed by atoms with Crippen molar-refractivity contribution in [2.45, 2.75) is 32.6 Å². The van der Waals surface area contributed by atoms with Gasteiger partial charge in [0.2, 0.25) is 0 Å². The smallest absolute Gasteiger partial charge is 0.140 e. The van der Waals surface area contributed by atoms with E-state index in [0.717, 1.165) is 24.0 Å². The molecule has 1 fully saturated rings.